The highest BCUT2D eigenvalue weighted by atomic mass is 15.2. The maximum Gasteiger partial charge on any atom is 0.125 e. The van der Waals surface area contributed by atoms with Crippen molar-refractivity contribution in [3.05, 3.63) is 24.4 Å². The first-order valence-corrected chi connectivity index (χ1v) is 7.91. The minimum Gasteiger partial charge on any atom is -0.370 e. The molecule has 20 heavy (non-hydrogen) atoms. The van der Waals surface area contributed by atoms with Gasteiger partial charge in [-0.2, -0.15) is 0 Å². The lowest BCUT2D eigenvalue weighted by molar-refractivity contribution is 0.237. The van der Waals surface area contributed by atoms with Gasteiger partial charge >= 0.3 is 0 Å². The third-order valence-electron chi connectivity index (χ3n) is 4.23. The lowest BCUT2D eigenvalue weighted by Crippen LogP contribution is -2.34. The first kappa shape index (κ1) is 15.3. The van der Waals surface area contributed by atoms with Crippen molar-refractivity contribution in [1.82, 2.24) is 14.8 Å². The highest BCUT2D eigenvalue weighted by Crippen LogP contribution is 2.16. The maximum atomic E-state index is 4.31. The van der Waals surface area contributed by atoms with Gasteiger partial charge in [0.05, 0.1) is 0 Å². The standard InChI is InChI=1S/C16H28N4/c1-3-19(4-2)11-12-20-10-8-15(14-20)13-18-16-7-5-6-9-17-16/h5-7,9,15H,3-4,8,10-14H2,1-2H3,(H,17,18)/t15-/m0/s1. The number of nitrogens with one attached hydrogen (secondary N) is 1. The van der Waals surface area contributed by atoms with Gasteiger partial charge in [0.1, 0.15) is 5.82 Å². The maximum absolute atomic E-state index is 4.31. The minimum atomic E-state index is 0.758. The topological polar surface area (TPSA) is 31.4 Å². The zero-order chi connectivity index (χ0) is 14.2. The van der Waals surface area contributed by atoms with Crippen LogP contribution < -0.4 is 5.32 Å². The quantitative estimate of drug-likeness (QED) is 0.788. The fourth-order valence-electron chi connectivity index (χ4n) is 2.82. The summed E-state index contributed by atoms with van der Waals surface area (Å²) in [5, 5.41) is 3.45. The van der Waals surface area contributed by atoms with E-state index in [0.29, 0.717) is 0 Å². The number of likely N-dealkylation sites (N-methyl/N-ethyl adjacent to an activating group) is 1. The van der Waals surface area contributed by atoms with Crippen molar-refractivity contribution < 1.29 is 0 Å². The summed E-state index contributed by atoms with van der Waals surface area (Å²) in [6.07, 6.45) is 3.14. The Kier molecular flexibility index (Phi) is 6.27. The van der Waals surface area contributed by atoms with Crippen molar-refractivity contribution >= 4 is 5.82 Å². The molecule has 1 saturated heterocycles. The molecule has 0 bridgehead atoms. The summed E-state index contributed by atoms with van der Waals surface area (Å²) < 4.78 is 0. The van der Waals surface area contributed by atoms with E-state index in [1.807, 2.05) is 24.4 Å². The molecule has 0 saturated carbocycles. The monoisotopic (exact) mass is 276 g/mol. The van der Waals surface area contributed by atoms with E-state index in [2.05, 4.69) is 33.9 Å². The van der Waals surface area contributed by atoms with Crippen LogP contribution in [0.2, 0.25) is 0 Å². The van der Waals surface area contributed by atoms with E-state index < -0.39 is 0 Å². The smallest absolute Gasteiger partial charge is 0.125 e. The molecule has 0 aliphatic carbocycles. The van der Waals surface area contributed by atoms with Gasteiger partial charge in [-0.25, -0.2) is 4.98 Å². The fraction of sp³-hybridized carbons (Fsp3) is 0.688. The van der Waals surface area contributed by atoms with E-state index in [1.54, 1.807) is 0 Å². The first-order chi connectivity index (χ1) is 9.81. The number of hydrogen-bond donors (Lipinski definition) is 1. The zero-order valence-corrected chi connectivity index (χ0v) is 12.9. The molecule has 1 atom stereocenters. The van der Waals surface area contributed by atoms with Crippen LogP contribution in [-0.2, 0) is 0 Å². The molecule has 112 valence electrons. The average Bonchev–Trinajstić information content (AvgIpc) is 2.95. The molecule has 1 N–H and O–H groups in total. The fourth-order valence-corrected chi connectivity index (χ4v) is 2.82. The number of aromatic nitrogens is 1. The summed E-state index contributed by atoms with van der Waals surface area (Å²) in [6, 6.07) is 6.02. The van der Waals surface area contributed by atoms with E-state index >= 15 is 0 Å². The van der Waals surface area contributed by atoms with E-state index in [-0.39, 0.29) is 0 Å². The highest BCUT2D eigenvalue weighted by Gasteiger charge is 2.22. The second kappa shape index (κ2) is 8.22. The predicted octanol–water partition coefficient (Wildman–Crippen LogP) is 2.16. The number of likely N-dealkylation sites (tertiary alicyclic amines) is 1. The zero-order valence-electron chi connectivity index (χ0n) is 12.9. The van der Waals surface area contributed by atoms with Crippen LogP contribution in [0, 0.1) is 5.92 Å². The van der Waals surface area contributed by atoms with E-state index in [1.165, 1.54) is 32.6 Å². The molecule has 0 unspecified atom stereocenters. The largest absolute Gasteiger partial charge is 0.370 e. The van der Waals surface area contributed by atoms with Gasteiger partial charge in [-0.15, -0.1) is 0 Å². The third kappa shape index (κ3) is 4.76. The van der Waals surface area contributed by atoms with E-state index in [9.17, 15) is 0 Å². The van der Waals surface area contributed by atoms with Crippen LogP contribution in [0.5, 0.6) is 0 Å². The van der Waals surface area contributed by atoms with Gasteiger partial charge in [-0.1, -0.05) is 19.9 Å². The number of anilines is 1. The molecule has 2 heterocycles. The molecule has 0 aromatic carbocycles. The summed E-state index contributed by atoms with van der Waals surface area (Å²) in [4.78, 5) is 9.41. The lowest BCUT2D eigenvalue weighted by Gasteiger charge is -2.22. The minimum absolute atomic E-state index is 0.758. The van der Waals surface area contributed by atoms with Crippen LogP contribution in [-0.4, -0.2) is 60.6 Å². The van der Waals surface area contributed by atoms with Crippen molar-refractivity contribution in [2.24, 2.45) is 5.92 Å². The van der Waals surface area contributed by atoms with Crippen molar-refractivity contribution in [2.45, 2.75) is 20.3 Å². The summed E-state index contributed by atoms with van der Waals surface area (Å²) >= 11 is 0. The van der Waals surface area contributed by atoms with Gasteiger partial charge in [0.15, 0.2) is 0 Å². The molecular formula is C16H28N4. The summed E-state index contributed by atoms with van der Waals surface area (Å²) in [6.45, 7) is 12.7. The molecular weight excluding hydrogens is 248 g/mol. The molecule has 4 nitrogen and oxygen atoms in total. The van der Waals surface area contributed by atoms with E-state index in [0.717, 1.165) is 31.4 Å². The molecule has 1 aliphatic heterocycles. The normalized spacial score (nSPS) is 19.6. The number of pyridine rings is 1. The lowest BCUT2D eigenvalue weighted by atomic mass is 10.1. The Morgan fingerprint density at radius 3 is 2.90 bits per heavy atom. The summed E-state index contributed by atoms with van der Waals surface area (Å²) in [5.74, 6) is 1.75. The van der Waals surface area contributed by atoms with Gasteiger partial charge in [0, 0.05) is 32.4 Å². The second-order valence-electron chi connectivity index (χ2n) is 5.58. The van der Waals surface area contributed by atoms with Gasteiger partial charge in [-0.3, -0.25) is 0 Å². The van der Waals surface area contributed by atoms with Gasteiger partial charge in [0.2, 0.25) is 0 Å². The third-order valence-corrected chi connectivity index (χ3v) is 4.23. The molecule has 0 spiro atoms. The Labute approximate surface area is 123 Å². The van der Waals surface area contributed by atoms with Crippen LogP contribution >= 0.6 is 0 Å². The van der Waals surface area contributed by atoms with Crippen LogP contribution in [0.3, 0.4) is 0 Å². The molecule has 1 fully saturated rings. The molecule has 1 aromatic rings. The van der Waals surface area contributed by atoms with Crippen molar-refractivity contribution in [1.29, 1.82) is 0 Å². The highest BCUT2D eigenvalue weighted by molar-refractivity contribution is 5.33. The van der Waals surface area contributed by atoms with E-state index in [4.69, 9.17) is 0 Å². The Bertz CT molecular complexity index is 364. The van der Waals surface area contributed by atoms with Gasteiger partial charge in [0.25, 0.3) is 0 Å². The summed E-state index contributed by atoms with van der Waals surface area (Å²) in [5.41, 5.74) is 0. The predicted molar refractivity (Wildman–Crippen MR) is 85.1 cm³/mol. The number of rotatable bonds is 8. The Morgan fingerprint density at radius 1 is 1.35 bits per heavy atom. The molecule has 4 heteroatoms. The van der Waals surface area contributed by atoms with Crippen LogP contribution in [0.4, 0.5) is 5.82 Å². The Balaban J connectivity index is 1.65. The summed E-state index contributed by atoms with van der Waals surface area (Å²) in [7, 11) is 0. The van der Waals surface area contributed by atoms with Gasteiger partial charge < -0.3 is 15.1 Å². The molecule has 2 rings (SSSR count). The molecule has 1 aromatic heterocycles. The number of nitrogens with zero attached hydrogens (tertiary/aromatic N) is 3. The molecule has 0 radical (unpaired) electrons. The SMILES string of the molecule is CCN(CC)CCN1CC[C@@H](CNc2ccccn2)C1. The van der Waals surface area contributed by atoms with Gasteiger partial charge in [-0.05, 0) is 44.1 Å². The van der Waals surface area contributed by atoms with Crippen molar-refractivity contribution in [3.8, 4) is 0 Å². The van der Waals surface area contributed by atoms with Crippen molar-refractivity contribution in [3.63, 3.8) is 0 Å². The molecule has 0 amide bonds. The average molecular weight is 276 g/mol. The van der Waals surface area contributed by atoms with Crippen molar-refractivity contribution in [2.75, 3.05) is 51.1 Å². The first-order valence-electron chi connectivity index (χ1n) is 7.91. The van der Waals surface area contributed by atoms with Crippen LogP contribution in [0.1, 0.15) is 20.3 Å². The van der Waals surface area contributed by atoms with Crippen LogP contribution in [0.15, 0.2) is 24.4 Å². The van der Waals surface area contributed by atoms with Crippen LogP contribution in [0.25, 0.3) is 0 Å². The molecule has 1 aliphatic rings. The Hall–Kier alpha value is -1.13. The number of hydrogen-bond acceptors (Lipinski definition) is 4. The Morgan fingerprint density at radius 2 is 2.20 bits per heavy atom. The second-order valence-corrected chi connectivity index (χ2v) is 5.58.